The number of hydrogen-bond donors (Lipinski definition) is 1. The summed E-state index contributed by atoms with van der Waals surface area (Å²) in [5.41, 5.74) is -0.565. The zero-order chi connectivity index (χ0) is 15.7. The summed E-state index contributed by atoms with van der Waals surface area (Å²) < 4.78 is 61.4. The van der Waals surface area contributed by atoms with E-state index in [0.29, 0.717) is 0 Å². The third kappa shape index (κ3) is 3.75. The zero-order valence-electron chi connectivity index (χ0n) is 10.6. The van der Waals surface area contributed by atoms with E-state index in [2.05, 4.69) is 0 Å². The van der Waals surface area contributed by atoms with Gasteiger partial charge in [0, 0.05) is 0 Å². The van der Waals surface area contributed by atoms with Crippen molar-refractivity contribution in [3.8, 4) is 5.75 Å². The molecule has 0 aliphatic heterocycles. The Morgan fingerprint density at radius 1 is 0.905 bits per heavy atom. The highest BCUT2D eigenvalue weighted by Crippen LogP contribution is 2.29. The molecule has 0 heterocycles. The van der Waals surface area contributed by atoms with Crippen LogP contribution in [-0.4, -0.2) is 13.5 Å². The van der Waals surface area contributed by atoms with E-state index in [0.717, 1.165) is 24.3 Å². The molecule has 0 saturated heterocycles. The molecule has 112 valence electrons. The maximum absolute atomic E-state index is 12.4. The molecular weight excluding hydrogens is 305 g/mol. The van der Waals surface area contributed by atoms with Crippen LogP contribution in [0.5, 0.6) is 5.75 Å². The van der Waals surface area contributed by atoms with Crippen molar-refractivity contribution in [3.05, 3.63) is 59.7 Å². The summed E-state index contributed by atoms with van der Waals surface area (Å²) in [6, 6.07) is 8.94. The minimum Gasteiger partial charge on any atom is -0.508 e. The van der Waals surface area contributed by atoms with Gasteiger partial charge in [-0.15, -0.1) is 0 Å². The van der Waals surface area contributed by atoms with Crippen LogP contribution in [0.2, 0.25) is 0 Å². The molecule has 2 aromatic carbocycles. The molecule has 0 aliphatic rings. The first-order valence-electron chi connectivity index (χ1n) is 5.86. The van der Waals surface area contributed by atoms with Gasteiger partial charge in [0.15, 0.2) is 9.84 Å². The average molecular weight is 316 g/mol. The van der Waals surface area contributed by atoms with E-state index in [-0.39, 0.29) is 16.2 Å². The van der Waals surface area contributed by atoms with Gasteiger partial charge < -0.3 is 5.11 Å². The van der Waals surface area contributed by atoms with E-state index in [1.54, 1.807) is 0 Å². The molecule has 21 heavy (non-hydrogen) atoms. The Hall–Kier alpha value is -2.02. The fourth-order valence-corrected chi connectivity index (χ4v) is 3.09. The zero-order valence-corrected chi connectivity index (χ0v) is 11.4. The van der Waals surface area contributed by atoms with Gasteiger partial charge >= 0.3 is 6.18 Å². The van der Waals surface area contributed by atoms with Crippen molar-refractivity contribution in [1.82, 2.24) is 0 Å². The lowest BCUT2D eigenvalue weighted by Crippen LogP contribution is -2.07. The lowest BCUT2D eigenvalue weighted by atomic mass is 10.1. The number of halogens is 3. The van der Waals surface area contributed by atoms with Crippen LogP contribution >= 0.6 is 0 Å². The molecule has 0 aliphatic carbocycles. The molecule has 0 atom stereocenters. The summed E-state index contributed by atoms with van der Waals surface area (Å²) in [6.07, 6.45) is -4.45. The molecule has 3 nitrogen and oxygen atoms in total. The number of sulfone groups is 1. The second-order valence-corrected chi connectivity index (χ2v) is 6.44. The largest absolute Gasteiger partial charge is 0.508 e. The predicted molar refractivity (Wildman–Crippen MR) is 70.4 cm³/mol. The number of phenolic OH excluding ortho intramolecular Hbond substituents is 1. The van der Waals surface area contributed by atoms with Crippen LogP contribution in [0.1, 0.15) is 11.1 Å². The smallest absolute Gasteiger partial charge is 0.416 e. The van der Waals surface area contributed by atoms with Crippen molar-refractivity contribution in [3.63, 3.8) is 0 Å². The first kappa shape index (κ1) is 15.4. The number of phenols is 1. The quantitative estimate of drug-likeness (QED) is 0.944. The van der Waals surface area contributed by atoms with Gasteiger partial charge in [0.1, 0.15) is 5.75 Å². The Kier molecular flexibility index (Phi) is 3.95. The van der Waals surface area contributed by atoms with Crippen LogP contribution in [0, 0.1) is 0 Å². The fraction of sp³-hybridized carbons (Fsp3) is 0.143. The normalized spacial score (nSPS) is 12.3. The molecule has 0 amide bonds. The third-order valence-corrected chi connectivity index (χ3v) is 4.54. The van der Waals surface area contributed by atoms with Gasteiger partial charge in [-0.05, 0) is 42.0 Å². The summed E-state index contributed by atoms with van der Waals surface area (Å²) in [5, 5.41) is 9.12. The maximum Gasteiger partial charge on any atom is 0.416 e. The van der Waals surface area contributed by atoms with E-state index in [4.69, 9.17) is 5.11 Å². The molecule has 0 saturated carbocycles. The van der Waals surface area contributed by atoms with Crippen molar-refractivity contribution in [2.24, 2.45) is 0 Å². The summed E-state index contributed by atoms with van der Waals surface area (Å²) >= 11 is 0. The molecule has 2 rings (SSSR count). The van der Waals surface area contributed by atoms with E-state index in [9.17, 15) is 21.6 Å². The average Bonchev–Trinajstić information content (AvgIpc) is 2.38. The number of rotatable bonds is 3. The molecule has 0 unspecified atom stereocenters. The standard InChI is InChI=1S/C14H11F3O3S/c15-14(16,17)11-3-1-10(2-4-11)9-21(19,20)13-7-5-12(18)6-8-13/h1-8,18H,9H2. The summed E-state index contributed by atoms with van der Waals surface area (Å²) in [7, 11) is -3.67. The first-order valence-corrected chi connectivity index (χ1v) is 7.52. The first-order chi connectivity index (χ1) is 9.68. The van der Waals surface area contributed by atoms with Crippen molar-refractivity contribution in [1.29, 1.82) is 0 Å². The van der Waals surface area contributed by atoms with Crippen molar-refractivity contribution < 1.29 is 26.7 Å². The van der Waals surface area contributed by atoms with E-state index in [1.807, 2.05) is 0 Å². The van der Waals surface area contributed by atoms with Crippen LogP contribution in [0.4, 0.5) is 13.2 Å². The number of aromatic hydroxyl groups is 1. The minimum absolute atomic E-state index is 0.000183. The summed E-state index contributed by atoms with van der Waals surface area (Å²) in [6.45, 7) is 0. The van der Waals surface area contributed by atoms with E-state index in [1.165, 1.54) is 24.3 Å². The van der Waals surface area contributed by atoms with E-state index < -0.39 is 27.3 Å². The van der Waals surface area contributed by atoms with Gasteiger partial charge in [-0.25, -0.2) is 8.42 Å². The second kappa shape index (κ2) is 5.40. The van der Waals surface area contributed by atoms with Crippen LogP contribution < -0.4 is 0 Å². The SMILES string of the molecule is O=S(=O)(Cc1ccc(C(F)(F)F)cc1)c1ccc(O)cc1. The Labute approximate surface area is 119 Å². The molecule has 7 heteroatoms. The Morgan fingerprint density at radius 2 is 1.43 bits per heavy atom. The van der Waals surface area contributed by atoms with Crippen molar-refractivity contribution in [2.75, 3.05) is 0 Å². The molecule has 0 bridgehead atoms. The molecule has 2 aromatic rings. The lowest BCUT2D eigenvalue weighted by molar-refractivity contribution is -0.137. The molecule has 0 aromatic heterocycles. The highest BCUT2D eigenvalue weighted by Gasteiger charge is 2.30. The molecule has 0 spiro atoms. The third-order valence-electron chi connectivity index (χ3n) is 2.83. The fourth-order valence-electron chi connectivity index (χ4n) is 1.75. The van der Waals surface area contributed by atoms with Gasteiger partial charge in [-0.2, -0.15) is 13.2 Å². The Bertz CT molecular complexity index is 718. The minimum atomic E-state index is -4.45. The van der Waals surface area contributed by atoms with Gasteiger partial charge in [0.2, 0.25) is 0 Å². The van der Waals surface area contributed by atoms with Gasteiger partial charge in [0.05, 0.1) is 16.2 Å². The van der Waals surface area contributed by atoms with Crippen LogP contribution in [0.25, 0.3) is 0 Å². The van der Waals surface area contributed by atoms with Gasteiger partial charge in [-0.3, -0.25) is 0 Å². The number of alkyl halides is 3. The van der Waals surface area contributed by atoms with Crippen LogP contribution in [-0.2, 0) is 21.8 Å². The molecule has 0 fully saturated rings. The van der Waals surface area contributed by atoms with Gasteiger partial charge in [-0.1, -0.05) is 12.1 Å². The topological polar surface area (TPSA) is 54.4 Å². The van der Waals surface area contributed by atoms with Gasteiger partial charge in [0.25, 0.3) is 0 Å². The van der Waals surface area contributed by atoms with Crippen LogP contribution in [0.15, 0.2) is 53.4 Å². The van der Waals surface area contributed by atoms with Crippen LogP contribution in [0.3, 0.4) is 0 Å². The highest BCUT2D eigenvalue weighted by molar-refractivity contribution is 7.90. The number of hydrogen-bond acceptors (Lipinski definition) is 3. The maximum atomic E-state index is 12.4. The van der Waals surface area contributed by atoms with Crippen molar-refractivity contribution in [2.45, 2.75) is 16.8 Å². The lowest BCUT2D eigenvalue weighted by Gasteiger charge is -2.08. The molecular formula is C14H11F3O3S. The molecule has 1 N–H and O–H groups in total. The van der Waals surface area contributed by atoms with E-state index >= 15 is 0 Å². The Morgan fingerprint density at radius 3 is 1.90 bits per heavy atom. The second-order valence-electron chi connectivity index (χ2n) is 4.45. The predicted octanol–water partition coefficient (Wildman–Crippen LogP) is 3.38. The summed E-state index contributed by atoms with van der Waals surface area (Å²) in [5.74, 6) is -0.473. The monoisotopic (exact) mass is 316 g/mol. The molecule has 0 radical (unpaired) electrons. The Balaban J connectivity index is 2.23. The van der Waals surface area contributed by atoms with Crippen molar-refractivity contribution >= 4 is 9.84 Å². The summed E-state index contributed by atoms with van der Waals surface area (Å²) in [4.78, 5) is 0.000183. The number of benzene rings is 2. The highest BCUT2D eigenvalue weighted by atomic mass is 32.2.